The van der Waals surface area contributed by atoms with Crippen molar-refractivity contribution in [2.24, 2.45) is 0 Å². The maximum absolute atomic E-state index is 12.4. The van der Waals surface area contributed by atoms with E-state index in [4.69, 9.17) is 0 Å². The van der Waals surface area contributed by atoms with Gasteiger partial charge in [0.05, 0.1) is 5.56 Å². The molecule has 100 valence electrons. The van der Waals surface area contributed by atoms with Crippen LogP contribution in [0, 0.1) is 0 Å². The van der Waals surface area contributed by atoms with Gasteiger partial charge in [0.2, 0.25) is 0 Å². The average molecular weight is 259 g/mol. The van der Waals surface area contributed by atoms with Crippen molar-refractivity contribution in [1.82, 2.24) is 24.8 Å². The first-order valence-corrected chi connectivity index (χ1v) is 6.63. The minimum atomic E-state index is 0.0825. The molecule has 0 radical (unpaired) electrons. The monoisotopic (exact) mass is 259 g/mol. The summed E-state index contributed by atoms with van der Waals surface area (Å²) >= 11 is 0. The molecule has 2 aromatic rings. The van der Waals surface area contributed by atoms with Crippen LogP contribution in [0.2, 0.25) is 0 Å². The Morgan fingerprint density at radius 3 is 2.84 bits per heavy atom. The second kappa shape index (κ2) is 4.97. The Morgan fingerprint density at radius 2 is 2.11 bits per heavy atom. The number of rotatable bonds is 2. The van der Waals surface area contributed by atoms with Crippen molar-refractivity contribution in [3.05, 3.63) is 29.7 Å². The van der Waals surface area contributed by atoms with Crippen LogP contribution in [0.5, 0.6) is 0 Å². The summed E-state index contributed by atoms with van der Waals surface area (Å²) < 4.78 is 1.90. The van der Waals surface area contributed by atoms with E-state index in [0.717, 1.165) is 44.1 Å². The molecule has 1 amide bonds. The first kappa shape index (κ1) is 12.1. The Hall–Kier alpha value is -1.95. The topological polar surface area (TPSA) is 62.5 Å². The molecule has 1 aliphatic heterocycles. The van der Waals surface area contributed by atoms with Crippen molar-refractivity contribution in [2.75, 3.05) is 26.2 Å². The van der Waals surface area contributed by atoms with E-state index in [1.165, 1.54) is 0 Å². The number of aromatic nitrogens is 3. The van der Waals surface area contributed by atoms with E-state index < -0.39 is 0 Å². The quantitative estimate of drug-likeness (QED) is 0.844. The highest BCUT2D eigenvalue weighted by molar-refractivity contribution is 5.94. The van der Waals surface area contributed by atoms with E-state index in [9.17, 15) is 4.79 Å². The number of pyridine rings is 1. The largest absolute Gasteiger partial charge is 0.336 e. The molecular formula is C13H17N5O. The van der Waals surface area contributed by atoms with Gasteiger partial charge in [-0.3, -0.25) is 9.20 Å². The number of carbonyl (C=O) groups is 1. The molecule has 1 aliphatic rings. The minimum absolute atomic E-state index is 0.0825. The number of fused-ring (bicyclic) bond motifs is 1. The molecule has 1 N–H and O–H groups in total. The van der Waals surface area contributed by atoms with E-state index >= 15 is 0 Å². The molecule has 0 spiro atoms. The van der Waals surface area contributed by atoms with Gasteiger partial charge >= 0.3 is 0 Å². The van der Waals surface area contributed by atoms with E-state index in [2.05, 4.69) is 15.5 Å². The molecule has 0 aliphatic carbocycles. The first-order chi connectivity index (χ1) is 9.29. The van der Waals surface area contributed by atoms with Gasteiger partial charge in [0.25, 0.3) is 5.91 Å². The molecule has 3 heterocycles. The highest BCUT2D eigenvalue weighted by Gasteiger charge is 2.18. The van der Waals surface area contributed by atoms with E-state index in [1.807, 2.05) is 34.6 Å². The lowest BCUT2D eigenvalue weighted by Gasteiger charge is -2.27. The van der Waals surface area contributed by atoms with Crippen LogP contribution >= 0.6 is 0 Å². The fraction of sp³-hybridized carbons (Fsp3) is 0.462. The molecule has 1 saturated heterocycles. The molecule has 0 unspecified atom stereocenters. The lowest BCUT2D eigenvalue weighted by molar-refractivity contribution is 0.0735. The predicted octanol–water partition coefficient (Wildman–Crippen LogP) is 0.337. The third-order valence-electron chi connectivity index (χ3n) is 3.44. The van der Waals surface area contributed by atoms with Crippen LogP contribution in [0.25, 0.3) is 5.65 Å². The van der Waals surface area contributed by atoms with Gasteiger partial charge in [0.15, 0.2) is 5.65 Å². The zero-order valence-corrected chi connectivity index (χ0v) is 11.0. The maximum atomic E-state index is 12.4. The van der Waals surface area contributed by atoms with E-state index in [-0.39, 0.29) is 5.91 Å². The number of nitrogens with zero attached hydrogens (tertiary/aromatic N) is 4. The highest BCUT2D eigenvalue weighted by Crippen LogP contribution is 2.10. The summed E-state index contributed by atoms with van der Waals surface area (Å²) in [7, 11) is 0. The summed E-state index contributed by atoms with van der Waals surface area (Å²) in [5.74, 6) is 0.962. The number of carbonyl (C=O) groups excluding carboxylic acids is 1. The minimum Gasteiger partial charge on any atom is -0.336 e. The Labute approximate surface area is 111 Å². The third kappa shape index (κ3) is 2.19. The molecule has 0 aromatic carbocycles. The van der Waals surface area contributed by atoms with Crippen molar-refractivity contribution in [2.45, 2.75) is 13.3 Å². The maximum Gasteiger partial charge on any atom is 0.255 e. The van der Waals surface area contributed by atoms with Crippen LogP contribution in [0.15, 0.2) is 18.3 Å². The molecule has 0 saturated carbocycles. The van der Waals surface area contributed by atoms with Gasteiger partial charge in [0.1, 0.15) is 5.82 Å². The molecule has 6 heteroatoms. The molecule has 3 rings (SSSR count). The fourth-order valence-corrected chi connectivity index (χ4v) is 2.36. The molecule has 2 aromatic heterocycles. The summed E-state index contributed by atoms with van der Waals surface area (Å²) in [5.41, 5.74) is 1.48. The molecule has 1 fully saturated rings. The lowest BCUT2D eigenvalue weighted by Crippen LogP contribution is -2.46. The Balaban J connectivity index is 1.93. The Kier molecular flexibility index (Phi) is 3.16. The number of hydrogen-bond acceptors (Lipinski definition) is 4. The number of hydrogen-bond donors (Lipinski definition) is 1. The summed E-state index contributed by atoms with van der Waals surface area (Å²) in [6, 6.07) is 3.68. The molecule has 0 atom stereocenters. The number of aryl methyl sites for hydroxylation is 1. The third-order valence-corrected chi connectivity index (χ3v) is 3.44. The van der Waals surface area contributed by atoms with Crippen LogP contribution in [0.3, 0.4) is 0 Å². The van der Waals surface area contributed by atoms with Gasteiger partial charge < -0.3 is 10.2 Å². The summed E-state index contributed by atoms with van der Waals surface area (Å²) in [4.78, 5) is 14.3. The van der Waals surface area contributed by atoms with Crippen LogP contribution in [0.1, 0.15) is 23.1 Å². The van der Waals surface area contributed by atoms with Crippen molar-refractivity contribution in [3.63, 3.8) is 0 Å². The van der Waals surface area contributed by atoms with Gasteiger partial charge in [-0.1, -0.05) is 6.92 Å². The van der Waals surface area contributed by atoms with Crippen molar-refractivity contribution < 1.29 is 4.79 Å². The van der Waals surface area contributed by atoms with Gasteiger partial charge in [-0.25, -0.2) is 0 Å². The second-order valence-electron chi connectivity index (χ2n) is 4.66. The summed E-state index contributed by atoms with van der Waals surface area (Å²) in [6.07, 6.45) is 2.64. The Morgan fingerprint density at radius 1 is 1.32 bits per heavy atom. The second-order valence-corrected chi connectivity index (χ2v) is 4.66. The number of amides is 1. The molecule has 19 heavy (non-hydrogen) atoms. The summed E-state index contributed by atoms with van der Waals surface area (Å²) in [6.45, 7) is 5.28. The van der Waals surface area contributed by atoms with Gasteiger partial charge in [-0.2, -0.15) is 0 Å². The van der Waals surface area contributed by atoms with Gasteiger partial charge in [-0.15, -0.1) is 10.2 Å². The standard InChI is InChI=1S/C13H17N5O/c1-2-11-15-16-12-4-3-10(9-18(11)12)13(19)17-7-5-14-6-8-17/h3-4,9,14H,2,5-8H2,1H3. The van der Waals surface area contributed by atoms with Crippen molar-refractivity contribution in [3.8, 4) is 0 Å². The SMILES string of the molecule is CCc1nnc2ccc(C(=O)N3CCNCC3)cn12. The van der Waals surface area contributed by atoms with Crippen LogP contribution in [0.4, 0.5) is 0 Å². The normalized spacial score (nSPS) is 15.9. The van der Waals surface area contributed by atoms with Crippen LogP contribution in [-0.2, 0) is 6.42 Å². The average Bonchev–Trinajstić information content (AvgIpc) is 2.89. The first-order valence-electron chi connectivity index (χ1n) is 6.63. The zero-order chi connectivity index (χ0) is 13.2. The van der Waals surface area contributed by atoms with Crippen molar-refractivity contribution >= 4 is 11.6 Å². The number of nitrogens with one attached hydrogen (secondary N) is 1. The Bertz CT molecular complexity index is 600. The van der Waals surface area contributed by atoms with Crippen LogP contribution in [-0.4, -0.2) is 51.6 Å². The van der Waals surface area contributed by atoms with Crippen LogP contribution < -0.4 is 5.32 Å². The van der Waals surface area contributed by atoms with Gasteiger partial charge in [0, 0.05) is 38.8 Å². The smallest absolute Gasteiger partial charge is 0.255 e. The molecule has 6 nitrogen and oxygen atoms in total. The number of piperazine rings is 1. The lowest BCUT2D eigenvalue weighted by atomic mass is 10.2. The predicted molar refractivity (Wildman–Crippen MR) is 71.1 cm³/mol. The zero-order valence-electron chi connectivity index (χ0n) is 11.0. The summed E-state index contributed by atoms with van der Waals surface area (Å²) in [5, 5.41) is 11.4. The van der Waals surface area contributed by atoms with Crippen molar-refractivity contribution in [1.29, 1.82) is 0 Å². The molecular weight excluding hydrogens is 242 g/mol. The molecule has 0 bridgehead atoms. The van der Waals surface area contributed by atoms with E-state index in [1.54, 1.807) is 0 Å². The fourth-order valence-electron chi connectivity index (χ4n) is 2.36. The van der Waals surface area contributed by atoms with Gasteiger partial charge in [-0.05, 0) is 12.1 Å². The highest BCUT2D eigenvalue weighted by atomic mass is 16.2. The van der Waals surface area contributed by atoms with E-state index in [0.29, 0.717) is 5.56 Å².